The van der Waals surface area contributed by atoms with E-state index in [2.05, 4.69) is 4.84 Å². The number of hydrogen-bond acceptors (Lipinski definition) is 5. The first-order chi connectivity index (χ1) is 7.19. The van der Waals surface area contributed by atoms with Gasteiger partial charge in [-0.3, -0.25) is 4.84 Å². The molecule has 0 atom stereocenters. The number of rotatable bonds is 4. The zero-order valence-corrected chi connectivity index (χ0v) is 8.40. The Bertz CT molecular complexity index is 351. The van der Waals surface area contributed by atoms with E-state index < -0.39 is 5.97 Å². The van der Waals surface area contributed by atoms with Gasteiger partial charge in [0.2, 0.25) is 0 Å². The number of benzene rings is 1. The Labute approximate surface area is 87.4 Å². The lowest BCUT2D eigenvalue weighted by Gasteiger charge is -2.06. The van der Waals surface area contributed by atoms with Crippen LogP contribution in [0.15, 0.2) is 18.2 Å². The van der Waals surface area contributed by atoms with Crippen molar-refractivity contribution < 1.29 is 19.5 Å². The lowest BCUT2D eigenvalue weighted by atomic mass is 10.1. The number of carbonyl (C=O) groups excluding carboxylic acids is 1. The second kappa shape index (κ2) is 5.33. The van der Waals surface area contributed by atoms with Crippen LogP contribution in [-0.4, -0.2) is 17.7 Å². The number of phenolic OH excluding ortho intramolecular Hbond substituents is 1. The molecular weight excluding hydrogens is 198 g/mol. The van der Waals surface area contributed by atoms with E-state index in [1.54, 1.807) is 6.92 Å². The Morgan fingerprint density at radius 1 is 1.53 bits per heavy atom. The molecule has 0 fully saturated rings. The van der Waals surface area contributed by atoms with Crippen molar-refractivity contribution in [3.63, 3.8) is 0 Å². The van der Waals surface area contributed by atoms with Crippen LogP contribution >= 0.6 is 0 Å². The van der Waals surface area contributed by atoms with Gasteiger partial charge in [-0.25, -0.2) is 10.7 Å². The van der Waals surface area contributed by atoms with Crippen LogP contribution in [0.4, 0.5) is 0 Å². The minimum absolute atomic E-state index is 0.0356. The van der Waals surface area contributed by atoms with Gasteiger partial charge in [0, 0.05) is 5.56 Å². The molecule has 0 aliphatic heterocycles. The molecule has 5 nitrogen and oxygen atoms in total. The fraction of sp³-hybridized carbons (Fsp3) is 0.300. The molecule has 82 valence electrons. The predicted octanol–water partition coefficient (Wildman–Crippen LogP) is 0.959. The summed E-state index contributed by atoms with van der Waals surface area (Å²) >= 11 is 0. The molecule has 1 aromatic rings. The normalized spacial score (nSPS) is 10.0. The zero-order chi connectivity index (χ0) is 11.3. The van der Waals surface area contributed by atoms with E-state index in [1.807, 2.05) is 0 Å². The Morgan fingerprint density at radius 3 is 2.87 bits per heavy atom. The van der Waals surface area contributed by atoms with Gasteiger partial charge < -0.3 is 9.84 Å². The van der Waals surface area contributed by atoms with Crippen molar-refractivity contribution in [3.05, 3.63) is 29.3 Å². The maximum atomic E-state index is 11.3. The van der Waals surface area contributed by atoms with Gasteiger partial charge in [0.1, 0.15) is 5.75 Å². The van der Waals surface area contributed by atoms with Crippen LogP contribution in [0.2, 0.25) is 0 Å². The van der Waals surface area contributed by atoms with E-state index >= 15 is 0 Å². The molecule has 3 N–H and O–H groups in total. The highest BCUT2D eigenvalue weighted by Gasteiger charge is 2.09. The topological polar surface area (TPSA) is 81.8 Å². The van der Waals surface area contributed by atoms with Crippen molar-refractivity contribution in [1.29, 1.82) is 0 Å². The van der Waals surface area contributed by atoms with Crippen LogP contribution in [0.5, 0.6) is 5.75 Å². The average Bonchev–Trinajstić information content (AvgIpc) is 2.22. The van der Waals surface area contributed by atoms with Crippen molar-refractivity contribution in [1.82, 2.24) is 0 Å². The molecule has 0 aromatic heterocycles. The SMILES string of the molecule is CCOC(=O)c1ccc(O)c(CON)c1. The summed E-state index contributed by atoms with van der Waals surface area (Å²) in [4.78, 5) is 15.7. The third kappa shape index (κ3) is 2.93. The van der Waals surface area contributed by atoms with Gasteiger partial charge in [-0.2, -0.15) is 0 Å². The van der Waals surface area contributed by atoms with Gasteiger partial charge in [-0.1, -0.05) is 0 Å². The summed E-state index contributed by atoms with van der Waals surface area (Å²) in [7, 11) is 0. The Balaban J connectivity index is 2.91. The van der Waals surface area contributed by atoms with Crippen molar-refractivity contribution in [2.45, 2.75) is 13.5 Å². The van der Waals surface area contributed by atoms with E-state index in [9.17, 15) is 9.90 Å². The fourth-order valence-electron chi connectivity index (χ4n) is 1.13. The minimum atomic E-state index is -0.434. The number of ether oxygens (including phenoxy) is 1. The summed E-state index contributed by atoms with van der Waals surface area (Å²) < 4.78 is 4.81. The highest BCUT2D eigenvalue weighted by atomic mass is 16.6. The number of hydrogen-bond donors (Lipinski definition) is 2. The molecule has 0 heterocycles. The van der Waals surface area contributed by atoms with Gasteiger partial charge in [-0.15, -0.1) is 0 Å². The first-order valence-corrected chi connectivity index (χ1v) is 4.49. The van der Waals surface area contributed by atoms with Crippen LogP contribution in [0, 0.1) is 0 Å². The quantitative estimate of drug-likeness (QED) is 0.572. The van der Waals surface area contributed by atoms with Crippen LogP contribution in [-0.2, 0) is 16.2 Å². The zero-order valence-electron chi connectivity index (χ0n) is 8.40. The highest BCUT2D eigenvalue weighted by Crippen LogP contribution is 2.19. The molecule has 0 amide bonds. The lowest BCUT2D eigenvalue weighted by Crippen LogP contribution is -2.06. The number of aromatic hydroxyl groups is 1. The maximum Gasteiger partial charge on any atom is 0.338 e. The molecule has 0 saturated heterocycles. The van der Waals surface area contributed by atoms with E-state index in [0.29, 0.717) is 17.7 Å². The van der Waals surface area contributed by atoms with Gasteiger partial charge in [0.25, 0.3) is 0 Å². The second-order valence-electron chi connectivity index (χ2n) is 2.87. The van der Waals surface area contributed by atoms with E-state index in [4.69, 9.17) is 10.6 Å². The van der Waals surface area contributed by atoms with Crippen LogP contribution in [0.3, 0.4) is 0 Å². The summed E-state index contributed by atoms with van der Waals surface area (Å²) in [5.74, 6) is 4.49. The smallest absolute Gasteiger partial charge is 0.338 e. The summed E-state index contributed by atoms with van der Waals surface area (Å²) in [6.45, 7) is 2.07. The summed E-state index contributed by atoms with van der Waals surface area (Å²) in [5.41, 5.74) is 0.810. The van der Waals surface area contributed by atoms with Gasteiger partial charge in [0.15, 0.2) is 0 Å². The number of carbonyl (C=O) groups is 1. The second-order valence-corrected chi connectivity index (χ2v) is 2.87. The molecule has 0 saturated carbocycles. The monoisotopic (exact) mass is 211 g/mol. The summed E-state index contributed by atoms with van der Waals surface area (Å²) in [6, 6.07) is 4.37. The average molecular weight is 211 g/mol. The first-order valence-electron chi connectivity index (χ1n) is 4.49. The van der Waals surface area contributed by atoms with Gasteiger partial charge in [0.05, 0.1) is 18.8 Å². The van der Waals surface area contributed by atoms with Gasteiger partial charge in [-0.05, 0) is 25.1 Å². The molecule has 5 heteroatoms. The number of esters is 1. The van der Waals surface area contributed by atoms with Gasteiger partial charge >= 0.3 is 5.97 Å². The van der Waals surface area contributed by atoms with Crippen LogP contribution < -0.4 is 5.90 Å². The molecule has 15 heavy (non-hydrogen) atoms. The Kier molecular flexibility index (Phi) is 4.08. The number of phenols is 1. The molecule has 1 rings (SSSR count). The van der Waals surface area contributed by atoms with E-state index in [0.717, 1.165) is 0 Å². The molecule has 0 unspecified atom stereocenters. The lowest BCUT2D eigenvalue weighted by molar-refractivity contribution is 0.0526. The number of nitrogens with two attached hydrogens (primary N) is 1. The maximum absolute atomic E-state index is 11.3. The van der Waals surface area contributed by atoms with Crippen molar-refractivity contribution in [2.24, 2.45) is 5.90 Å². The van der Waals surface area contributed by atoms with E-state index in [-0.39, 0.29) is 12.4 Å². The molecule has 0 aliphatic rings. The Morgan fingerprint density at radius 2 is 2.27 bits per heavy atom. The molecule has 0 aliphatic carbocycles. The van der Waals surface area contributed by atoms with Crippen molar-refractivity contribution in [3.8, 4) is 5.75 Å². The highest BCUT2D eigenvalue weighted by molar-refractivity contribution is 5.89. The van der Waals surface area contributed by atoms with E-state index in [1.165, 1.54) is 18.2 Å². The predicted molar refractivity (Wildman–Crippen MR) is 53.0 cm³/mol. The standard InChI is InChI=1S/C10H13NO4/c1-2-14-10(13)7-3-4-9(12)8(5-7)6-15-11/h3-5,12H,2,6,11H2,1H3. The fourth-order valence-corrected chi connectivity index (χ4v) is 1.13. The molecule has 0 spiro atoms. The summed E-state index contributed by atoms with van der Waals surface area (Å²) in [6.07, 6.45) is 0. The largest absolute Gasteiger partial charge is 0.508 e. The van der Waals surface area contributed by atoms with Crippen LogP contribution in [0.25, 0.3) is 0 Å². The molecule has 1 aromatic carbocycles. The molecular formula is C10H13NO4. The molecule has 0 bridgehead atoms. The first kappa shape index (κ1) is 11.5. The van der Waals surface area contributed by atoms with Crippen molar-refractivity contribution in [2.75, 3.05) is 6.61 Å². The van der Waals surface area contributed by atoms with Crippen LogP contribution in [0.1, 0.15) is 22.8 Å². The van der Waals surface area contributed by atoms with Crippen molar-refractivity contribution >= 4 is 5.97 Å². The molecule has 0 radical (unpaired) electrons. The Hall–Kier alpha value is -1.59. The third-order valence-electron chi connectivity index (χ3n) is 1.83. The summed E-state index contributed by atoms with van der Waals surface area (Å²) in [5, 5.41) is 9.39. The minimum Gasteiger partial charge on any atom is -0.508 e. The third-order valence-corrected chi connectivity index (χ3v) is 1.83.